The normalized spacial score (nSPS) is 20.4. The van der Waals surface area contributed by atoms with E-state index in [-0.39, 0.29) is 30.2 Å². The second kappa shape index (κ2) is 13.3. The van der Waals surface area contributed by atoms with Crippen molar-refractivity contribution in [2.75, 3.05) is 25.7 Å². The summed E-state index contributed by atoms with van der Waals surface area (Å²) in [5.74, 6) is -0.659. The van der Waals surface area contributed by atoms with Gasteiger partial charge in [0.05, 0.1) is 30.5 Å². The third kappa shape index (κ3) is 7.42. The van der Waals surface area contributed by atoms with Crippen LogP contribution in [0.25, 0.3) is 0 Å². The van der Waals surface area contributed by atoms with Crippen molar-refractivity contribution in [2.24, 2.45) is 5.41 Å². The molecule has 2 aliphatic rings. The van der Waals surface area contributed by atoms with Crippen molar-refractivity contribution in [3.8, 4) is 0 Å². The molecule has 0 spiro atoms. The molecule has 0 radical (unpaired) electrons. The van der Waals surface area contributed by atoms with Crippen LogP contribution in [0.4, 0.5) is 4.79 Å². The van der Waals surface area contributed by atoms with Crippen molar-refractivity contribution < 1.29 is 29.0 Å². The Hall–Kier alpha value is -3.08. The van der Waals surface area contributed by atoms with Crippen LogP contribution in [0.2, 0.25) is 0 Å². The van der Waals surface area contributed by atoms with E-state index in [1.165, 1.54) is 16.7 Å². The molecule has 3 amide bonds. The zero-order chi connectivity index (χ0) is 29.6. The number of hydrogen-bond donors (Lipinski definition) is 3. The van der Waals surface area contributed by atoms with Gasteiger partial charge in [-0.15, -0.1) is 11.8 Å². The van der Waals surface area contributed by atoms with E-state index in [0.29, 0.717) is 19.8 Å². The number of amides is 3. The van der Waals surface area contributed by atoms with Crippen LogP contribution in [0.1, 0.15) is 43.9 Å². The Kier molecular flexibility index (Phi) is 9.99. The van der Waals surface area contributed by atoms with Gasteiger partial charge in [-0.2, -0.15) is 0 Å². The molecule has 10 heteroatoms. The highest BCUT2D eigenvalue weighted by Gasteiger charge is 2.50. The number of nitrogens with zero attached hydrogens (tertiary/aromatic N) is 1. The molecule has 9 nitrogen and oxygen atoms in total. The molecule has 2 fully saturated rings. The lowest BCUT2D eigenvalue weighted by atomic mass is 9.84. The topological polar surface area (TPSA) is 117 Å². The third-order valence-electron chi connectivity index (χ3n) is 8.10. The summed E-state index contributed by atoms with van der Waals surface area (Å²) in [4.78, 5) is 41.5. The Balaban J connectivity index is 1.47. The molecule has 2 heterocycles. The first-order valence-electron chi connectivity index (χ1n) is 14.0. The van der Waals surface area contributed by atoms with Crippen molar-refractivity contribution in [3.05, 3.63) is 71.3 Å². The maximum absolute atomic E-state index is 13.8. The Morgan fingerprint density at radius 2 is 1.80 bits per heavy atom. The van der Waals surface area contributed by atoms with Crippen LogP contribution >= 0.6 is 11.8 Å². The number of aliphatic hydroxyl groups is 1. The smallest absolute Gasteiger partial charge is 0.407 e. The minimum absolute atomic E-state index is 0.192. The van der Waals surface area contributed by atoms with E-state index in [0.717, 1.165) is 23.1 Å². The minimum atomic E-state index is -1.59. The number of alkyl carbamates (subject to hydrolysis) is 1. The Bertz CT molecular complexity index is 1210. The Morgan fingerprint density at radius 1 is 1.12 bits per heavy atom. The van der Waals surface area contributed by atoms with E-state index >= 15 is 0 Å². The van der Waals surface area contributed by atoms with Gasteiger partial charge in [0, 0.05) is 11.3 Å². The van der Waals surface area contributed by atoms with Crippen molar-refractivity contribution in [1.82, 2.24) is 15.5 Å². The summed E-state index contributed by atoms with van der Waals surface area (Å²) in [6.07, 6.45) is -1.28. The van der Waals surface area contributed by atoms with E-state index in [1.54, 1.807) is 0 Å². The summed E-state index contributed by atoms with van der Waals surface area (Å²) in [5, 5.41) is 17.1. The molecule has 3 atom stereocenters. The van der Waals surface area contributed by atoms with Gasteiger partial charge >= 0.3 is 6.09 Å². The number of rotatable bonds is 11. The van der Waals surface area contributed by atoms with Crippen LogP contribution in [0.5, 0.6) is 0 Å². The van der Waals surface area contributed by atoms with Crippen molar-refractivity contribution in [2.45, 2.75) is 70.0 Å². The fourth-order valence-corrected chi connectivity index (χ4v) is 6.28. The van der Waals surface area contributed by atoms with Gasteiger partial charge in [0.2, 0.25) is 5.91 Å². The molecule has 41 heavy (non-hydrogen) atoms. The molecule has 4 rings (SSSR count). The molecular formula is C31H41N3O6S. The Labute approximate surface area is 246 Å². The number of ether oxygens (including phenoxy) is 2. The van der Waals surface area contributed by atoms with Crippen molar-refractivity contribution in [1.29, 1.82) is 0 Å². The quantitative estimate of drug-likeness (QED) is 0.371. The molecule has 0 bridgehead atoms. The lowest BCUT2D eigenvalue weighted by Crippen LogP contribution is -2.58. The van der Waals surface area contributed by atoms with E-state index in [9.17, 15) is 19.5 Å². The molecule has 0 saturated carbocycles. The number of thioether (sulfide) groups is 1. The van der Waals surface area contributed by atoms with Crippen LogP contribution in [0, 0.1) is 12.3 Å². The van der Waals surface area contributed by atoms with Gasteiger partial charge in [0.1, 0.15) is 12.6 Å². The highest BCUT2D eigenvalue weighted by molar-refractivity contribution is 8.00. The average molecular weight is 584 g/mol. The number of aryl methyl sites for hydroxylation is 1. The van der Waals surface area contributed by atoms with Gasteiger partial charge in [-0.25, -0.2) is 4.79 Å². The highest BCUT2D eigenvalue weighted by Crippen LogP contribution is 2.40. The van der Waals surface area contributed by atoms with Gasteiger partial charge in [0.15, 0.2) is 6.10 Å². The van der Waals surface area contributed by atoms with Crippen LogP contribution in [-0.2, 0) is 32.0 Å². The number of hydrogen-bond acceptors (Lipinski definition) is 7. The van der Waals surface area contributed by atoms with E-state index in [4.69, 9.17) is 9.47 Å². The second-order valence-electron chi connectivity index (χ2n) is 11.5. The summed E-state index contributed by atoms with van der Waals surface area (Å²) in [6, 6.07) is 15.4. The predicted molar refractivity (Wildman–Crippen MR) is 158 cm³/mol. The van der Waals surface area contributed by atoms with Crippen LogP contribution in [0.15, 0.2) is 54.6 Å². The van der Waals surface area contributed by atoms with Crippen LogP contribution < -0.4 is 10.6 Å². The first kappa shape index (κ1) is 30.9. The summed E-state index contributed by atoms with van der Waals surface area (Å²) >= 11 is 1.48. The average Bonchev–Trinajstić information content (AvgIpc) is 3.26. The molecule has 222 valence electrons. The summed E-state index contributed by atoms with van der Waals surface area (Å²) < 4.78 is 10.2. The largest absolute Gasteiger partial charge is 0.449 e. The van der Waals surface area contributed by atoms with Gasteiger partial charge in [-0.3, -0.25) is 9.59 Å². The number of nitrogens with one attached hydrogen (secondary N) is 2. The summed E-state index contributed by atoms with van der Waals surface area (Å²) in [6.45, 7) is 9.42. The molecule has 2 saturated heterocycles. The fraction of sp³-hybridized carbons (Fsp3) is 0.516. The van der Waals surface area contributed by atoms with Crippen LogP contribution in [-0.4, -0.2) is 76.5 Å². The van der Waals surface area contributed by atoms with Gasteiger partial charge in [0.25, 0.3) is 5.91 Å². The second-order valence-corrected chi connectivity index (χ2v) is 13.1. The van der Waals surface area contributed by atoms with E-state index in [1.807, 2.05) is 82.3 Å². The maximum Gasteiger partial charge on any atom is 0.407 e. The van der Waals surface area contributed by atoms with Crippen LogP contribution in [0.3, 0.4) is 0 Å². The first-order chi connectivity index (χ1) is 19.5. The van der Waals surface area contributed by atoms with Crippen molar-refractivity contribution in [3.63, 3.8) is 0 Å². The highest BCUT2D eigenvalue weighted by atomic mass is 32.2. The minimum Gasteiger partial charge on any atom is -0.449 e. The molecule has 0 aliphatic carbocycles. The van der Waals surface area contributed by atoms with E-state index in [2.05, 4.69) is 10.6 Å². The molecular weight excluding hydrogens is 542 g/mol. The molecule has 2 aliphatic heterocycles. The number of benzene rings is 2. The number of carbonyl (C=O) groups is 3. The molecule has 3 unspecified atom stereocenters. The monoisotopic (exact) mass is 583 g/mol. The van der Waals surface area contributed by atoms with Gasteiger partial charge in [-0.05, 0) is 50.3 Å². The third-order valence-corrected chi connectivity index (χ3v) is 9.48. The number of carbonyl (C=O) groups excluding carboxylic acids is 3. The summed E-state index contributed by atoms with van der Waals surface area (Å²) in [5.41, 5.74) is 2.70. The zero-order valence-electron chi connectivity index (χ0n) is 24.2. The maximum atomic E-state index is 13.8. The van der Waals surface area contributed by atoms with Gasteiger partial charge < -0.3 is 30.1 Å². The van der Waals surface area contributed by atoms with Gasteiger partial charge in [-0.1, -0.05) is 61.5 Å². The zero-order valence-corrected chi connectivity index (χ0v) is 25.0. The molecule has 3 N–H and O–H groups in total. The SMILES string of the molecule is CCC1(COC(=O)NC(Cc2ccccc2)C(O)C(=O)N2CSC(C)(C)C2C(=O)NCc2ccccc2C)COC1. The van der Waals surface area contributed by atoms with E-state index < -0.39 is 34.9 Å². The summed E-state index contributed by atoms with van der Waals surface area (Å²) in [7, 11) is 0. The lowest BCUT2D eigenvalue weighted by molar-refractivity contribution is -0.147. The Morgan fingerprint density at radius 3 is 2.44 bits per heavy atom. The lowest BCUT2D eigenvalue weighted by Gasteiger charge is -2.40. The predicted octanol–water partition coefficient (Wildman–Crippen LogP) is 3.42. The first-order valence-corrected chi connectivity index (χ1v) is 15.0. The molecule has 0 aromatic heterocycles. The molecule has 2 aromatic rings. The van der Waals surface area contributed by atoms with Crippen molar-refractivity contribution >= 4 is 29.7 Å². The fourth-order valence-electron chi connectivity index (χ4n) is 5.14. The number of aliphatic hydroxyl groups excluding tert-OH is 1. The standard InChI is InChI=1S/C31H41N3O6S/c1-5-31(17-39-18-31)19-40-29(38)33-24(15-22-12-7-6-8-13-22)25(35)28(37)34-20-41-30(3,4)26(34)27(36)32-16-23-14-10-9-11-21(23)2/h6-14,24-26,35H,5,15-20H2,1-4H3,(H,32,36)(H,33,38). The molecule has 2 aromatic carbocycles.